The molecule has 0 unspecified atom stereocenters. The number of amides is 1. The number of rotatable bonds is 6. The number of hydrogen-bond donors (Lipinski definition) is 1. The van der Waals surface area contributed by atoms with Crippen LogP contribution in [0.3, 0.4) is 0 Å². The van der Waals surface area contributed by atoms with Gasteiger partial charge < -0.3 is 5.32 Å². The first-order valence-electron chi connectivity index (χ1n) is 9.71. The summed E-state index contributed by atoms with van der Waals surface area (Å²) >= 11 is 0. The summed E-state index contributed by atoms with van der Waals surface area (Å²) in [5.74, 6) is 2.86. The van der Waals surface area contributed by atoms with Crippen LogP contribution in [0.5, 0.6) is 0 Å². The molecule has 4 aliphatic carbocycles. The van der Waals surface area contributed by atoms with Crippen LogP contribution >= 0.6 is 0 Å². The number of carbonyl (C=O) groups excluding carboxylic acids is 1. The van der Waals surface area contributed by atoms with E-state index in [1.807, 2.05) is 6.07 Å². The van der Waals surface area contributed by atoms with Crippen LogP contribution in [0.1, 0.15) is 51.0 Å². The van der Waals surface area contributed by atoms with Gasteiger partial charge in [-0.3, -0.25) is 9.69 Å². The molecular formula is C21H30N2O. The van der Waals surface area contributed by atoms with Gasteiger partial charge >= 0.3 is 0 Å². The molecule has 1 amide bonds. The van der Waals surface area contributed by atoms with Crippen LogP contribution in [0.4, 0.5) is 0 Å². The summed E-state index contributed by atoms with van der Waals surface area (Å²) in [7, 11) is 0. The molecule has 24 heavy (non-hydrogen) atoms. The quantitative estimate of drug-likeness (QED) is 0.866. The predicted octanol–water partition coefficient (Wildman–Crippen LogP) is 3.59. The minimum absolute atomic E-state index is 0.137. The third-order valence-electron chi connectivity index (χ3n) is 6.51. The normalized spacial score (nSPS) is 33.8. The molecule has 5 rings (SSSR count). The number of likely N-dealkylation sites (N-methyl/N-ethyl adjacent to an activating group) is 1. The van der Waals surface area contributed by atoms with E-state index in [1.54, 1.807) is 0 Å². The molecule has 1 N–H and O–H groups in total. The Balaban J connectivity index is 1.36. The Bertz CT molecular complexity index is 547. The maximum atomic E-state index is 12.7. The van der Waals surface area contributed by atoms with E-state index in [0.717, 1.165) is 30.8 Å². The largest absolute Gasteiger partial charge is 0.350 e. The smallest absolute Gasteiger partial charge is 0.234 e. The first-order valence-corrected chi connectivity index (χ1v) is 9.71. The fraction of sp³-hybridized carbons (Fsp3) is 0.667. The first-order chi connectivity index (χ1) is 11.6. The first kappa shape index (κ1) is 16.1. The molecule has 4 bridgehead atoms. The van der Waals surface area contributed by atoms with Crippen molar-refractivity contribution in [1.82, 2.24) is 10.2 Å². The van der Waals surface area contributed by atoms with E-state index in [1.165, 1.54) is 44.1 Å². The predicted molar refractivity (Wildman–Crippen MR) is 96.4 cm³/mol. The van der Waals surface area contributed by atoms with Gasteiger partial charge in [-0.2, -0.15) is 0 Å². The highest BCUT2D eigenvalue weighted by Crippen LogP contribution is 2.55. The lowest BCUT2D eigenvalue weighted by atomic mass is 9.53. The van der Waals surface area contributed by atoms with Crippen molar-refractivity contribution in [3.63, 3.8) is 0 Å². The van der Waals surface area contributed by atoms with Crippen molar-refractivity contribution in [1.29, 1.82) is 0 Å². The second-order valence-electron chi connectivity index (χ2n) is 8.53. The molecule has 0 aliphatic heterocycles. The van der Waals surface area contributed by atoms with Gasteiger partial charge in [-0.25, -0.2) is 0 Å². The van der Waals surface area contributed by atoms with Crippen LogP contribution in [-0.2, 0) is 11.3 Å². The minimum Gasteiger partial charge on any atom is -0.350 e. The molecule has 0 spiro atoms. The Hall–Kier alpha value is -1.35. The van der Waals surface area contributed by atoms with Gasteiger partial charge in [0, 0.05) is 12.1 Å². The maximum Gasteiger partial charge on any atom is 0.234 e. The summed E-state index contributed by atoms with van der Waals surface area (Å²) in [5, 5.41) is 3.49. The average Bonchev–Trinajstić information content (AvgIpc) is 2.53. The summed E-state index contributed by atoms with van der Waals surface area (Å²) in [4.78, 5) is 15.0. The number of nitrogens with zero attached hydrogens (tertiary/aromatic N) is 1. The van der Waals surface area contributed by atoms with Crippen LogP contribution < -0.4 is 5.32 Å². The van der Waals surface area contributed by atoms with Crippen LogP contribution in [-0.4, -0.2) is 29.4 Å². The molecule has 0 radical (unpaired) electrons. The highest BCUT2D eigenvalue weighted by atomic mass is 16.2. The van der Waals surface area contributed by atoms with Crippen LogP contribution in [0, 0.1) is 17.8 Å². The molecule has 4 aliphatic rings. The SMILES string of the molecule is CCN(CC(=O)NC12CC3CC(CC(C3)C1)C2)Cc1ccccc1. The topological polar surface area (TPSA) is 32.3 Å². The van der Waals surface area contributed by atoms with Gasteiger partial charge in [-0.15, -0.1) is 0 Å². The maximum absolute atomic E-state index is 12.7. The molecule has 0 saturated heterocycles. The van der Waals surface area contributed by atoms with Gasteiger partial charge in [0.1, 0.15) is 0 Å². The molecule has 130 valence electrons. The van der Waals surface area contributed by atoms with E-state index < -0.39 is 0 Å². The standard InChI is InChI=1S/C21H30N2O/c1-2-23(14-16-6-4-3-5-7-16)15-20(24)22-21-11-17-8-18(12-21)10-19(9-17)13-21/h3-7,17-19H,2,8-15H2,1H3,(H,22,24). The minimum atomic E-state index is 0.137. The zero-order valence-corrected chi connectivity index (χ0v) is 14.8. The Morgan fingerprint density at radius 2 is 1.67 bits per heavy atom. The number of hydrogen-bond acceptors (Lipinski definition) is 2. The third kappa shape index (κ3) is 3.37. The average molecular weight is 326 g/mol. The molecule has 4 fully saturated rings. The van der Waals surface area contributed by atoms with E-state index >= 15 is 0 Å². The van der Waals surface area contributed by atoms with Crippen LogP contribution in [0.2, 0.25) is 0 Å². The second-order valence-corrected chi connectivity index (χ2v) is 8.53. The van der Waals surface area contributed by atoms with Crippen LogP contribution in [0.25, 0.3) is 0 Å². The van der Waals surface area contributed by atoms with Crippen molar-refractivity contribution in [2.45, 2.75) is 57.5 Å². The molecule has 3 nitrogen and oxygen atoms in total. The highest BCUT2D eigenvalue weighted by molar-refractivity contribution is 5.79. The molecule has 3 heteroatoms. The van der Waals surface area contributed by atoms with Crippen molar-refractivity contribution in [2.24, 2.45) is 17.8 Å². The van der Waals surface area contributed by atoms with Crippen molar-refractivity contribution in [2.75, 3.05) is 13.1 Å². The van der Waals surface area contributed by atoms with Gasteiger partial charge in [0.25, 0.3) is 0 Å². The summed E-state index contributed by atoms with van der Waals surface area (Å²) in [6.07, 6.45) is 7.96. The lowest BCUT2D eigenvalue weighted by molar-refractivity contribution is -0.128. The third-order valence-corrected chi connectivity index (χ3v) is 6.51. The molecule has 4 saturated carbocycles. The van der Waals surface area contributed by atoms with E-state index in [9.17, 15) is 4.79 Å². The highest BCUT2D eigenvalue weighted by Gasteiger charge is 2.51. The van der Waals surface area contributed by atoms with Gasteiger partial charge in [0.05, 0.1) is 6.54 Å². The fourth-order valence-corrected chi connectivity index (χ4v) is 5.92. The van der Waals surface area contributed by atoms with Crippen molar-refractivity contribution >= 4 is 5.91 Å². The van der Waals surface area contributed by atoms with E-state index in [0.29, 0.717) is 6.54 Å². The number of carbonyl (C=O) groups is 1. The Morgan fingerprint density at radius 3 is 2.21 bits per heavy atom. The molecule has 0 aromatic heterocycles. The Labute approximate surface area is 145 Å². The molecule has 0 atom stereocenters. The monoisotopic (exact) mass is 326 g/mol. The van der Waals surface area contributed by atoms with E-state index in [-0.39, 0.29) is 11.4 Å². The van der Waals surface area contributed by atoms with Crippen molar-refractivity contribution in [3.8, 4) is 0 Å². The summed E-state index contributed by atoms with van der Waals surface area (Å²) in [5.41, 5.74) is 1.42. The Kier molecular flexibility index (Phi) is 4.38. The van der Waals surface area contributed by atoms with Gasteiger partial charge in [0.2, 0.25) is 5.91 Å². The lowest BCUT2D eigenvalue weighted by Crippen LogP contribution is -2.60. The molecule has 1 aromatic carbocycles. The van der Waals surface area contributed by atoms with Crippen molar-refractivity contribution < 1.29 is 4.79 Å². The van der Waals surface area contributed by atoms with E-state index in [2.05, 4.69) is 41.4 Å². The van der Waals surface area contributed by atoms with Crippen LogP contribution in [0.15, 0.2) is 30.3 Å². The number of benzene rings is 1. The zero-order chi connectivity index (χ0) is 16.6. The van der Waals surface area contributed by atoms with Gasteiger partial charge in [-0.1, -0.05) is 37.3 Å². The van der Waals surface area contributed by atoms with Gasteiger partial charge in [0.15, 0.2) is 0 Å². The Morgan fingerprint density at radius 1 is 1.08 bits per heavy atom. The van der Waals surface area contributed by atoms with Crippen molar-refractivity contribution in [3.05, 3.63) is 35.9 Å². The second kappa shape index (κ2) is 6.51. The van der Waals surface area contributed by atoms with E-state index in [4.69, 9.17) is 0 Å². The lowest BCUT2D eigenvalue weighted by Gasteiger charge is -2.57. The molecule has 1 aromatic rings. The summed E-state index contributed by atoms with van der Waals surface area (Å²) in [6.45, 7) is 4.42. The molecular weight excluding hydrogens is 296 g/mol. The summed E-state index contributed by atoms with van der Waals surface area (Å²) < 4.78 is 0. The summed E-state index contributed by atoms with van der Waals surface area (Å²) in [6, 6.07) is 10.5. The zero-order valence-electron chi connectivity index (χ0n) is 14.8. The molecule has 0 heterocycles. The van der Waals surface area contributed by atoms with Gasteiger partial charge in [-0.05, 0) is 68.4 Å². The number of nitrogens with one attached hydrogen (secondary N) is 1. The fourth-order valence-electron chi connectivity index (χ4n) is 5.92.